The number of nitrogens with one attached hydrogen (secondary N) is 1. The number of aryl methyl sites for hydroxylation is 1. The molecule has 3 nitrogen and oxygen atoms in total. The summed E-state index contributed by atoms with van der Waals surface area (Å²) in [7, 11) is 0. The summed E-state index contributed by atoms with van der Waals surface area (Å²) in [4.78, 5) is 12.2. The Bertz CT molecular complexity index is 447. The predicted octanol–water partition coefficient (Wildman–Crippen LogP) is 3.22. The van der Waals surface area contributed by atoms with Gasteiger partial charge in [0.05, 0.1) is 6.04 Å². The van der Waals surface area contributed by atoms with Crippen LogP contribution in [0.25, 0.3) is 0 Å². The molecule has 110 valence electrons. The first-order valence-electron chi connectivity index (χ1n) is 7.63. The quantitative estimate of drug-likeness (QED) is 0.885. The first-order chi connectivity index (χ1) is 9.48. The molecule has 0 radical (unpaired) electrons. The van der Waals surface area contributed by atoms with E-state index in [1.807, 2.05) is 6.92 Å². The molecule has 0 aromatic heterocycles. The fraction of sp³-hybridized carbons (Fsp3) is 0.588. The monoisotopic (exact) mass is 274 g/mol. The highest BCUT2D eigenvalue weighted by Gasteiger charge is 2.30. The molecule has 0 aliphatic heterocycles. The van der Waals surface area contributed by atoms with Crippen molar-refractivity contribution in [1.82, 2.24) is 5.32 Å². The van der Waals surface area contributed by atoms with Crippen molar-refractivity contribution in [3.8, 4) is 0 Å². The van der Waals surface area contributed by atoms with Crippen LogP contribution in [-0.4, -0.2) is 11.4 Å². The third-order valence-electron chi connectivity index (χ3n) is 4.32. The number of hydrogen-bond acceptors (Lipinski definition) is 2. The van der Waals surface area contributed by atoms with E-state index < -0.39 is 0 Å². The van der Waals surface area contributed by atoms with Gasteiger partial charge in [0.1, 0.15) is 0 Å². The molecule has 0 heterocycles. The second-order valence-corrected chi connectivity index (χ2v) is 6.30. The van der Waals surface area contributed by atoms with Crippen LogP contribution in [0, 0.1) is 6.92 Å². The Hall–Kier alpha value is -1.35. The molecule has 0 bridgehead atoms. The van der Waals surface area contributed by atoms with Crippen molar-refractivity contribution in [2.45, 2.75) is 64.0 Å². The molecule has 1 aromatic carbocycles. The van der Waals surface area contributed by atoms with Gasteiger partial charge in [-0.05, 0) is 32.3 Å². The lowest BCUT2D eigenvalue weighted by atomic mass is 9.80. The zero-order valence-corrected chi connectivity index (χ0v) is 12.6. The molecule has 1 aromatic rings. The molecule has 3 N–H and O–H groups in total. The van der Waals surface area contributed by atoms with Crippen LogP contribution in [0.5, 0.6) is 0 Å². The van der Waals surface area contributed by atoms with Gasteiger partial charge in [-0.25, -0.2) is 0 Å². The summed E-state index contributed by atoms with van der Waals surface area (Å²) in [5.74, 6) is 0.0717. The van der Waals surface area contributed by atoms with E-state index in [0.29, 0.717) is 6.42 Å². The van der Waals surface area contributed by atoms with Crippen LogP contribution in [0.3, 0.4) is 0 Å². The Kier molecular flexibility index (Phi) is 4.81. The average molecular weight is 274 g/mol. The Morgan fingerprint density at radius 2 is 1.85 bits per heavy atom. The van der Waals surface area contributed by atoms with Gasteiger partial charge in [0.2, 0.25) is 5.91 Å². The highest BCUT2D eigenvalue weighted by molar-refractivity contribution is 5.77. The summed E-state index contributed by atoms with van der Waals surface area (Å²) in [6.45, 7) is 4.08. The molecule has 1 fully saturated rings. The summed E-state index contributed by atoms with van der Waals surface area (Å²) in [6.07, 6.45) is 5.94. The molecule has 0 saturated heterocycles. The Labute approximate surface area is 121 Å². The second kappa shape index (κ2) is 6.40. The zero-order valence-electron chi connectivity index (χ0n) is 12.6. The van der Waals surface area contributed by atoms with Gasteiger partial charge in [0, 0.05) is 12.0 Å². The van der Waals surface area contributed by atoms with Crippen molar-refractivity contribution in [2.24, 2.45) is 5.73 Å². The Balaban J connectivity index is 1.89. The lowest BCUT2D eigenvalue weighted by Gasteiger charge is -2.33. The molecule has 0 spiro atoms. The van der Waals surface area contributed by atoms with Gasteiger partial charge in [-0.3, -0.25) is 4.79 Å². The van der Waals surface area contributed by atoms with Crippen molar-refractivity contribution >= 4 is 5.91 Å². The van der Waals surface area contributed by atoms with Gasteiger partial charge in [-0.15, -0.1) is 0 Å². The maximum Gasteiger partial charge on any atom is 0.222 e. The van der Waals surface area contributed by atoms with E-state index in [4.69, 9.17) is 5.73 Å². The molecular formula is C17H26N2O. The molecule has 20 heavy (non-hydrogen) atoms. The molecule has 2 rings (SSSR count). The van der Waals surface area contributed by atoms with Gasteiger partial charge < -0.3 is 11.1 Å². The van der Waals surface area contributed by atoms with E-state index in [9.17, 15) is 4.79 Å². The third-order valence-corrected chi connectivity index (χ3v) is 4.32. The predicted molar refractivity (Wildman–Crippen MR) is 82.4 cm³/mol. The minimum absolute atomic E-state index is 0.0373. The number of rotatable bonds is 4. The van der Waals surface area contributed by atoms with Crippen LogP contribution in [0.1, 0.15) is 62.6 Å². The largest absolute Gasteiger partial charge is 0.350 e. The van der Waals surface area contributed by atoms with E-state index in [1.54, 1.807) is 0 Å². The standard InChI is InChI=1S/C17H26N2O/c1-13-6-8-15(9-7-13)14(2)19-16(20)12-17(18)10-4-3-5-11-17/h6-9,14H,3-5,10-12,18H2,1-2H3,(H,19,20). The molecule has 1 aliphatic carbocycles. The normalized spacial score (nSPS) is 19.4. The van der Waals surface area contributed by atoms with Crippen LogP contribution in [-0.2, 0) is 4.79 Å². The van der Waals surface area contributed by atoms with E-state index in [1.165, 1.54) is 12.0 Å². The summed E-state index contributed by atoms with van der Waals surface area (Å²) < 4.78 is 0. The van der Waals surface area contributed by atoms with Crippen molar-refractivity contribution in [3.05, 3.63) is 35.4 Å². The summed E-state index contributed by atoms with van der Waals surface area (Å²) >= 11 is 0. The fourth-order valence-electron chi connectivity index (χ4n) is 2.98. The number of carbonyl (C=O) groups is 1. The Morgan fingerprint density at radius 3 is 2.45 bits per heavy atom. The molecule has 3 heteroatoms. The summed E-state index contributed by atoms with van der Waals surface area (Å²) in [5.41, 5.74) is 8.42. The van der Waals surface area contributed by atoms with Gasteiger partial charge in [-0.1, -0.05) is 49.1 Å². The van der Waals surface area contributed by atoms with Crippen molar-refractivity contribution in [3.63, 3.8) is 0 Å². The van der Waals surface area contributed by atoms with E-state index in [2.05, 4.69) is 36.5 Å². The van der Waals surface area contributed by atoms with Crippen LogP contribution >= 0.6 is 0 Å². The number of benzene rings is 1. The lowest BCUT2D eigenvalue weighted by molar-refractivity contribution is -0.123. The molecule has 1 aliphatic rings. The van der Waals surface area contributed by atoms with Crippen molar-refractivity contribution in [1.29, 1.82) is 0 Å². The minimum Gasteiger partial charge on any atom is -0.350 e. The topological polar surface area (TPSA) is 55.1 Å². The number of carbonyl (C=O) groups excluding carboxylic acids is 1. The minimum atomic E-state index is -0.282. The lowest BCUT2D eigenvalue weighted by Crippen LogP contribution is -2.46. The van der Waals surface area contributed by atoms with E-state index in [0.717, 1.165) is 31.2 Å². The van der Waals surface area contributed by atoms with E-state index >= 15 is 0 Å². The molecule has 1 amide bonds. The van der Waals surface area contributed by atoms with Crippen LogP contribution in [0.15, 0.2) is 24.3 Å². The maximum atomic E-state index is 12.2. The Morgan fingerprint density at radius 1 is 1.25 bits per heavy atom. The van der Waals surface area contributed by atoms with Crippen LogP contribution in [0.4, 0.5) is 0 Å². The van der Waals surface area contributed by atoms with Gasteiger partial charge in [0.25, 0.3) is 0 Å². The summed E-state index contributed by atoms with van der Waals surface area (Å²) in [6, 6.07) is 8.32. The number of nitrogens with two attached hydrogens (primary N) is 1. The number of hydrogen-bond donors (Lipinski definition) is 2. The molecular weight excluding hydrogens is 248 g/mol. The molecule has 1 unspecified atom stereocenters. The third kappa shape index (κ3) is 4.07. The first-order valence-corrected chi connectivity index (χ1v) is 7.63. The van der Waals surface area contributed by atoms with Crippen LogP contribution in [0.2, 0.25) is 0 Å². The fourth-order valence-corrected chi connectivity index (χ4v) is 2.98. The van der Waals surface area contributed by atoms with E-state index in [-0.39, 0.29) is 17.5 Å². The maximum absolute atomic E-state index is 12.2. The molecule has 1 atom stereocenters. The van der Waals surface area contributed by atoms with Gasteiger partial charge >= 0.3 is 0 Å². The highest BCUT2D eigenvalue weighted by atomic mass is 16.1. The smallest absolute Gasteiger partial charge is 0.222 e. The highest BCUT2D eigenvalue weighted by Crippen LogP contribution is 2.28. The van der Waals surface area contributed by atoms with Crippen LogP contribution < -0.4 is 11.1 Å². The second-order valence-electron chi connectivity index (χ2n) is 6.30. The molecule has 1 saturated carbocycles. The average Bonchev–Trinajstić information content (AvgIpc) is 2.39. The summed E-state index contributed by atoms with van der Waals surface area (Å²) in [5, 5.41) is 3.07. The van der Waals surface area contributed by atoms with Gasteiger partial charge in [-0.2, -0.15) is 0 Å². The first kappa shape index (κ1) is 15.0. The zero-order chi connectivity index (χ0) is 14.6. The number of amides is 1. The van der Waals surface area contributed by atoms with Crippen molar-refractivity contribution in [2.75, 3.05) is 0 Å². The van der Waals surface area contributed by atoms with Crippen molar-refractivity contribution < 1.29 is 4.79 Å². The van der Waals surface area contributed by atoms with Gasteiger partial charge in [0.15, 0.2) is 0 Å². The SMILES string of the molecule is Cc1ccc(C(C)NC(=O)CC2(N)CCCCC2)cc1.